The van der Waals surface area contributed by atoms with Crippen LogP contribution in [0.15, 0.2) is 53.5 Å². The summed E-state index contributed by atoms with van der Waals surface area (Å²) >= 11 is 0. The van der Waals surface area contributed by atoms with Gasteiger partial charge in [-0.2, -0.15) is 0 Å². The predicted octanol–water partition coefficient (Wildman–Crippen LogP) is 4.06. The Labute approximate surface area is 200 Å². The van der Waals surface area contributed by atoms with Crippen molar-refractivity contribution in [3.63, 3.8) is 0 Å². The van der Waals surface area contributed by atoms with Crippen molar-refractivity contribution in [1.82, 2.24) is 9.80 Å². The number of benzene rings is 2. The number of nitrogens with two attached hydrogens (primary N) is 1. The average Bonchev–Trinajstić information content (AvgIpc) is 3.10. The Hall–Kier alpha value is -3.06. The molecule has 0 radical (unpaired) electrons. The second kappa shape index (κ2) is 10.1. The van der Waals surface area contributed by atoms with Gasteiger partial charge in [0.25, 0.3) is 5.91 Å². The van der Waals surface area contributed by atoms with Gasteiger partial charge in [-0.1, -0.05) is 31.2 Å². The summed E-state index contributed by atoms with van der Waals surface area (Å²) in [5.41, 5.74) is 6.94. The summed E-state index contributed by atoms with van der Waals surface area (Å²) < 4.78 is 13.4. The van der Waals surface area contributed by atoms with Gasteiger partial charge in [-0.05, 0) is 93.6 Å². The maximum absolute atomic E-state index is 13.4. The van der Waals surface area contributed by atoms with Crippen LogP contribution in [0.1, 0.15) is 66.9 Å². The van der Waals surface area contributed by atoms with Crippen molar-refractivity contribution in [3.8, 4) is 0 Å². The molecule has 180 valence electrons. The van der Waals surface area contributed by atoms with Gasteiger partial charge in [0, 0.05) is 12.1 Å². The van der Waals surface area contributed by atoms with Crippen LogP contribution in [0.5, 0.6) is 0 Å². The minimum atomic E-state index is -0.944. The Morgan fingerprint density at radius 2 is 1.74 bits per heavy atom. The van der Waals surface area contributed by atoms with Crippen molar-refractivity contribution in [2.24, 2.45) is 10.7 Å². The van der Waals surface area contributed by atoms with Crippen LogP contribution < -0.4 is 5.73 Å². The van der Waals surface area contributed by atoms with Crippen LogP contribution in [-0.4, -0.2) is 53.6 Å². The number of hydrogen-bond donors (Lipinski definition) is 1. The smallest absolute Gasteiger partial charge is 0.260 e. The largest absolute Gasteiger partial charge is 0.366 e. The molecule has 2 aromatic rings. The molecule has 0 bridgehead atoms. The molecule has 1 fully saturated rings. The highest BCUT2D eigenvalue weighted by Crippen LogP contribution is 2.37. The van der Waals surface area contributed by atoms with Crippen LogP contribution in [-0.2, 0) is 10.3 Å². The number of carbonyl (C=O) groups excluding carboxylic acids is 2. The summed E-state index contributed by atoms with van der Waals surface area (Å²) in [4.78, 5) is 33.7. The SMILES string of the molecule is CCC1(c2ccc(F)cc2)N=C(C)N(CCCN2CCC(c3ccc(C(N)=O)cc3)CC2)C1=O. The molecular formula is C27H33FN4O2. The van der Waals surface area contributed by atoms with E-state index in [0.717, 1.165) is 50.3 Å². The maximum atomic E-state index is 13.4. The highest BCUT2D eigenvalue weighted by molar-refractivity contribution is 6.07. The number of rotatable bonds is 8. The van der Waals surface area contributed by atoms with E-state index in [1.54, 1.807) is 17.0 Å². The average molecular weight is 465 g/mol. The van der Waals surface area contributed by atoms with Gasteiger partial charge in [-0.15, -0.1) is 0 Å². The Morgan fingerprint density at radius 1 is 1.09 bits per heavy atom. The fourth-order valence-corrected chi connectivity index (χ4v) is 5.23. The number of halogens is 1. The standard InChI is InChI=1S/C27H33FN4O2/c1-3-27(23-9-11-24(28)12-10-23)26(34)32(19(2)30-27)16-4-15-31-17-13-21(14-18-31)20-5-7-22(8-6-20)25(29)33/h5-12,21H,3-4,13-18H2,1-2H3,(H2,29,33). The van der Waals surface area contributed by atoms with Crippen molar-refractivity contribution >= 4 is 17.6 Å². The summed E-state index contributed by atoms with van der Waals surface area (Å²) in [6.07, 6.45) is 3.56. The van der Waals surface area contributed by atoms with Crippen molar-refractivity contribution in [2.75, 3.05) is 26.2 Å². The summed E-state index contributed by atoms with van der Waals surface area (Å²) in [5, 5.41) is 0. The molecule has 1 atom stereocenters. The Kier molecular flexibility index (Phi) is 7.12. The molecule has 1 unspecified atom stereocenters. The van der Waals surface area contributed by atoms with Gasteiger partial charge in [0.1, 0.15) is 11.7 Å². The number of nitrogens with zero attached hydrogens (tertiary/aromatic N) is 3. The Balaban J connectivity index is 1.29. The van der Waals surface area contributed by atoms with Crippen LogP contribution in [0.2, 0.25) is 0 Å². The number of amidine groups is 1. The van der Waals surface area contributed by atoms with Gasteiger partial charge in [0.05, 0.1) is 0 Å². The van der Waals surface area contributed by atoms with E-state index < -0.39 is 11.4 Å². The first-order valence-electron chi connectivity index (χ1n) is 12.1. The summed E-state index contributed by atoms with van der Waals surface area (Å²) in [7, 11) is 0. The van der Waals surface area contributed by atoms with E-state index in [1.807, 2.05) is 38.1 Å². The van der Waals surface area contributed by atoms with Crippen LogP contribution in [0.25, 0.3) is 0 Å². The zero-order valence-corrected chi connectivity index (χ0v) is 20.0. The molecule has 2 N–H and O–H groups in total. The normalized spacial score (nSPS) is 21.7. The topological polar surface area (TPSA) is 79.0 Å². The third-order valence-corrected chi connectivity index (χ3v) is 7.29. The summed E-state index contributed by atoms with van der Waals surface area (Å²) in [6.45, 7) is 7.42. The third kappa shape index (κ3) is 4.75. The fourth-order valence-electron chi connectivity index (χ4n) is 5.23. The first kappa shape index (κ1) is 24.1. The second-order valence-electron chi connectivity index (χ2n) is 9.29. The minimum Gasteiger partial charge on any atom is -0.366 e. The number of piperidine rings is 1. The van der Waals surface area contributed by atoms with Crippen LogP contribution >= 0.6 is 0 Å². The first-order valence-corrected chi connectivity index (χ1v) is 12.1. The lowest BCUT2D eigenvalue weighted by atomic mass is 9.87. The van der Waals surface area contributed by atoms with Crippen molar-refractivity contribution < 1.29 is 14.0 Å². The van der Waals surface area contributed by atoms with Gasteiger partial charge < -0.3 is 10.6 Å². The van der Waals surface area contributed by atoms with E-state index in [9.17, 15) is 14.0 Å². The molecule has 0 saturated carbocycles. The van der Waals surface area contributed by atoms with E-state index in [0.29, 0.717) is 24.4 Å². The molecule has 2 aliphatic rings. The lowest BCUT2D eigenvalue weighted by Gasteiger charge is -2.32. The number of aliphatic imine (C=N–C) groups is 1. The van der Waals surface area contributed by atoms with Crippen molar-refractivity contribution in [1.29, 1.82) is 0 Å². The highest BCUT2D eigenvalue weighted by atomic mass is 19.1. The van der Waals surface area contributed by atoms with Crippen LogP contribution in [0.4, 0.5) is 4.39 Å². The van der Waals surface area contributed by atoms with Gasteiger partial charge in [-0.3, -0.25) is 19.5 Å². The van der Waals surface area contributed by atoms with Gasteiger partial charge >= 0.3 is 0 Å². The first-order chi connectivity index (χ1) is 16.3. The van der Waals surface area contributed by atoms with Crippen LogP contribution in [0.3, 0.4) is 0 Å². The minimum absolute atomic E-state index is 0.0165. The molecule has 2 amide bonds. The van der Waals surface area contributed by atoms with E-state index in [-0.39, 0.29) is 11.7 Å². The number of primary amides is 1. The molecule has 34 heavy (non-hydrogen) atoms. The van der Waals surface area contributed by atoms with Gasteiger partial charge in [0.15, 0.2) is 5.54 Å². The van der Waals surface area contributed by atoms with Crippen molar-refractivity contribution in [3.05, 3.63) is 71.0 Å². The van der Waals surface area contributed by atoms with Gasteiger partial charge in [0.2, 0.25) is 5.91 Å². The monoisotopic (exact) mass is 464 g/mol. The predicted molar refractivity (Wildman–Crippen MR) is 131 cm³/mol. The highest BCUT2D eigenvalue weighted by Gasteiger charge is 2.46. The molecule has 4 rings (SSSR count). The molecule has 0 aliphatic carbocycles. The molecule has 7 heteroatoms. The molecule has 0 spiro atoms. The molecule has 0 aromatic heterocycles. The Morgan fingerprint density at radius 3 is 2.32 bits per heavy atom. The zero-order valence-electron chi connectivity index (χ0n) is 20.0. The fraction of sp³-hybridized carbons (Fsp3) is 0.444. The second-order valence-corrected chi connectivity index (χ2v) is 9.29. The van der Waals surface area contributed by atoms with E-state index >= 15 is 0 Å². The number of amides is 2. The number of hydrogen-bond acceptors (Lipinski definition) is 4. The van der Waals surface area contributed by atoms with Crippen molar-refractivity contribution in [2.45, 2.75) is 51.0 Å². The van der Waals surface area contributed by atoms with E-state index in [4.69, 9.17) is 10.7 Å². The third-order valence-electron chi connectivity index (χ3n) is 7.29. The lowest BCUT2D eigenvalue weighted by molar-refractivity contribution is -0.131. The molecule has 2 aliphatic heterocycles. The summed E-state index contributed by atoms with van der Waals surface area (Å²) in [5.74, 6) is 0.497. The molecule has 2 aromatic carbocycles. The quantitative estimate of drug-likeness (QED) is 0.640. The zero-order chi connectivity index (χ0) is 24.3. The molecule has 1 saturated heterocycles. The number of carbonyl (C=O) groups is 2. The molecular weight excluding hydrogens is 431 g/mol. The van der Waals surface area contributed by atoms with E-state index in [1.165, 1.54) is 17.7 Å². The summed E-state index contributed by atoms with van der Waals surface area (Å²) in [6, 6.07) is 13.8. The van der Waals surface area contributed by atoms with Gasteiger partial charge in [-0.25, -0.2) is 4.39 Å². The molecule has 2 heterocycles. The maximum Gasteiger partial charge on any atom is 0.260 e. The lowest BCUT2D eigenvalue weighted by Crippen LogP contribution is -2.42. The van der Waals surface area contributed by atoms with E-state index in [2.05, 4.69) is 4.90 Å². The Bertz CT molecular complexity index is 1060. The number of likely N-dealkylation sites (tertiary alicyclic amines) is 1. The molecule has 6 nitrogen and oxygen atoms in total. The van der Waals surface area contributed by atoms with Crippen LogP contribution in [0, 0.1) is 5.82 Å².